The summed E-state index contributed by atoms with van der Waals surface area (Å²) < 4.78 is 90.6. The molecule has 1 aliphatic rings. The predicted octanol–water partition coefficient (Wildman–Crippen LogP) is 6.92. The SMILES string of the molecule is O=C(N[C@H]1CC[C@H](CNc2ccc(F)c(C(F)(F)F)c2)CC1)c1cc(C(F)(F)F)ccc1Cl. The molecular weight excluding hydrogens is 477 g/mol. The van der Waals surface area contributed by atoms with Crippen molar-refractivity contribution in [3.63, 3.8) is 0 Å². The maximum absolute atomic E-state index is 13.4. The second kappa shape index (κ2) is 9.79. The minimum Gasteiger partial charge on any atom is -0.385 e. The minimum absolute atomic E-state index is 0.0871. The fraction of sp³-hybridized carbons (Fsp3) is 0.409. The molecule has 1 saturated carbocycles. The van der Waals surface area contributed by atoms with E-state index >= 15 is 0 Å². The summed E-state index contributed by atoms with van der Waals surface area (Å²) in [4.78, 5) is 12.4. The standard InChI is InChI=1S/C22H20ClF7N2O/c23-18-7-3-13(21(25,26)27)9-16(18)20(33)32-14-4-1-12(2-5-14)11-31-15-6-8-19(24)17(10-15)22(28,29)30/h3,6-10,12,14,31H,1-2,4-5,11H2,(H,32,33)/t12-,14-. The van der Waals surface area contributed by atoms with Gasteiger partial charge in [0.2, 0.25) is 0 Å². The molecule has 33 heavy (non-hydrogen) atoms. The van der Waals surface area contributed by atoms with Gasteiger partial charge in [-0.3, -0.25) is 4.79 Å². The molecule has 2 N–H and O–H groups in total. The van der Waals surface area contributed by atoms with E-state index in [1.165, 1.54) is 6.07 Å². The average Bonchev–Trinajstić information content (AvgIpc) is 2.72. The molecule has 0 aromatic heterocycles. The van der Waals surface area contributed by atoms with Crippen LogP contribution in [0, 0.1) is 11.7 Å². The zero-order chi connectivity index (χ0) is 24.4. The Hall–Kier alpha value is -2.49. The van der Waals surface area contributed by atoms with Crippen molar-refractivity contribution in [2.75, 3.05) is 11.9 Å². The fourth-order valence-corrected chi connectivity index (χ4v) is 3.97. The van der Waals surface area contributed by atoms with E-state index in [2.05, 4.69) is 10.6 Å². The molecule has 0 unspecified atom stereocenters. The molecule has 180 valence electrons. The van der Waals surface area contributed by atoms with E-state index in [9.17, 15) is 35.5 Å². The first-order chi connectivity index (χ1) is 15.3. The van der Waals surface area contributed by atoms with E-state index in [1.807, 2.05) is 0 Å². The van der Waals surface area contributed by atoms with Crippen LogP contribution in [0.3, 0.4) is 0 Å². The number of carbonyl (C=O) groups is 1. The highest BCUT2D eigenvalue weighted by Gasteiger charge is 2.34. The van der Waals surface area contributed by atoms with Gasteiger partial charge in [-0.25, -0.2) is 4.39 Å². The molecule has 2 aromatic rings. The van der Waals surface area contributed by atoms with Crippen molar-refractivity contribution in [3.05, 3.63) is 63.9 Å². The molecular formula is C22H20ClF7N2O. The van der Waals surface area contributed by atoms with Crippen LogP contribution in [0.2, 0.25) is 5.02 Å². The fourth-order valence-electron chi connectivity index (χ4n) is 3.76. The van der Waals surface area contributed by atoms with Crippen molar-refractivity contribution in [2.45, 2.75) is 44.1 Å². The van der Waals surface area contributed by atoms with Crippen LogP contribution in [0.1, 0.15) is 47.2 Å². The number of amides is 1. The minimum atomic E-state index is -4.79. The van der Waals surface area contributed by atoms with Gasteiger partial charge in [0.1, 0.15) is 5.82 Å². The van der Waals surface area contributed by atoms with E-state index in [-0.39, 0.29) is 28.2 Å². The maximum Gasteiger partial charge on any atom is 0.419 e. The number of anilines is 1. The Morgan fingerprint density at radius 3 is 2.21 bits per heavy atom. The Labute approximate surface area is 190 Å². The number of hydrogen-bond acceptors (Lipinski definition) is 2. The Kier molecular flexibility index (Phi) is 7.45. The largest absolute Gasteiger partial charge is 0.419 e. The first kappa shape index (κ1) is 25.1. The Bertz CT molecular complexity index is 999. The van der Waals surface area contributed by atoms with Crippen molar-refractivity contribution in [1.29, 1.82) is 0 Å². The van der Waals surface area contributed by atoms with Crippen molar-refractivity contribution >= 4 is 23.2 Å². The van der Waals surface area contributed by atoms with E-state index in [0.29, 0.717) is 38.3 Å². The molecule has 1 fully saturated rings. The third-order valence-corrected chi connectivity index (χ3v) is 5.92. The summed E-state index contributed by atoms with van der Waals surface area (Å²) in [7, 11) is 0. The van der Waals surface area contributed by atoms with E-state index in [4.69, 9.17) is 11.6 Å². The van der Waals surface area contributed by atoms with E-state index in [0.717, 1.165) is 24.3 Å². The molecule has 3 nitrogen and oxygen atoms in total. The third kappa shape index (κ3) is 6.52. The average molecular weight is 497 g/mol. The van der Waals surface area contributed by atoms with Gasteiger partial charge >= 0.3 is 12.4 Å². The Balaban J connectivity index is 1.52. The third-order valence-electron chi connectivity index (χ3n) is 5.59. The van der Waals surface area contributed by atoms with Crippen LogP contribution in [0.5, 0.6) is 0 Å². The second-order valence-electron chi connectivity index (χ2n) is 7.96. The lowest BCUT2D eigenvalue weighted by Gasteiger charge is -2.29. The molecule has 1 amide bonds. The highest BCUT2D eigenvalue weighted by Crippen LogP contribution is 2.34. The van der Waals surface area contributed by atoms with Crippen LogP contribution in [0.15, 0.2) is 36.4 Å². The summed E-state index contributed by atoms with van der Waals surface area (Å²) in [5, 5.41) is 5.50. The highest BCUT2D eigenvalue weighted by atomic mass is 35.5. The molecule has 0 aliphatic heterocycles. The zero-order valence-corrected chi connectivity index (χ0v) is 17.8. The van der Waals surface area contributed by atoms with Gasteiger partial charge in [0.25, 0.3) is 5.91 Å². The number of halogens is 8. The Morgan fingerprint density at radius 1 is 0.939 bits per heavy atom. The van der Waals surface area contributed by atoms with Gasteiger partial charge in [0.15, 0.2) is 0 Å². The summed E-state index contributed by atoms with van der Waals surface area (Å²) in [6.07, 6.45) is -7.02. The number of nitrogens with one attached hydrogen (secondary N) is 2. The van der Waals surface area contributed by atoms with Crippen LogP contribution >= 0.6 is 11.6 Å². The van der Waals surface area contributed by atoms with Crippen LogP contribution in [0.4, 0.5) is 36.4 Å². The quantitative estimate of drug-likeness (QED) is 0.441. The molecule has 11 heteroatoms. The van der Waals surface area contributed by atoms with Crippen LogP contribution in [-0.4, -0.2) is 18.5 Å². The predicted molar refractivity (Wildman–Crippen MR) is 110 cm³/mol. The van der Waals surface area contributed by atoms with Gasteiger partial charge in [-0.05, 0) is 68.0 Å². The number of alkyl halides is 6. The van der Waals surface area contributed by atoms with Crippen molar-refractivity contribution in [1.82, 2.24) is 5.32 Å². The molecule has 3 rings (SSSR count). The Morgan fingerprint density at radius 2 is 1.61 bits per heavy atom. The maximum atomic E-state index is 13.4. The van der Waals surface area contributed by atoms with Gasteiger partial charge in [0, 0.05) is 18.3 Å². The van der Waals surface area contributed by atoms with Gasteiger partial charge < -0.3 is 10.6 Å². The van der Waals surface area contributed by atoms with Gasteiger partial charge in [0.05, 0.1) is 21.7 Å². The monoisotopic (exact) mass is 496 g/mol. The molecule has 0 saturated heterocycles. The summed E-state index contributed by atoms with van der Waals surface area (Å²) in [5.41, 5.74) is -2.42. The second-order valence-corrected chi connectivity index (χ2v) is 8.36. The highest BCUT2D eigenvalue weighted by molar-refractivity contribution is 6.33. The molecule has 0 heterocycles. The van der Waals surface area contributed by atoms with Crippen molar-refractivity contribution in [2.24, 2.45) is 5.92 Å². The first-order valence-corrected chi connectivity index (χ1v) is 10.5. The lowest BCUT2D eigenvalue weighted by molar-refractivity contribution is -0.140. The van der Waals surface area contributed by atoms with Gasteiger partial charge in [-0.15, -0.1) is 0 Å². The molecule has 0 atom stereocenters. The summed E-state index contributed by atoms with van der Waals surface area (Å²) in [5.74, 6) is -1.93. The number of rotatable bonds is 5. The summed E-state index contributed by atoms with van der Waals surface area (Å²) in [6, 6.07) is 5.00. The normalized spacial score (nSPS) is 19.3. The molecule has 0 radical (unpaired) electrons. The van der Waals surface area contributed by atoms with E-state index in [1.54, 1.807) is 0 Å². The van der Waals surface area contributed by atoms with Crippen molar-refractivity contribution < 1.29 is 35.5 Å². The van der Waals surface area contributed by atoms with Crippen LogP contribution < -0.4 is 10.6 Å². The van der Waals surface area contributed by atoms with Gasteiger partial charge in [-0.2, -0.15) is 26.3 Å². The van der Waals surface area contributed by atoms with Gasteiger partial charge in [-0.1, -0.05) is 11.6 Å². The van der Waals surface area contributed by atoms with Crippen LogP contribution in [0.25, 0.3) is 0 Å². The summed E-state index contributed by atoms with van der Waals surface area (Å²) in [6.45, 7) is 0.364. The smallest absolute Gasteiger partial charge is 0.385 e. The molecule has 2 aromatic carbocycles. The lowest BCUT2D eigenvalue weighted by atomic mass is 9.85. The lowest BCUT2D eigenvalue weighted by Crippen LogP contribution is -2.38. The summed E-state index contributed by atoms with van der Waals surface area (Å²) >= 11 is 5.90. The molecule has 1 aliphatic carbocycles. The number of hydrogen-bond donors (Lipinski definition) is 2. The van der Waals surface area contributed by atoms with E-state index < -0.39 is 35.2 Å². The van der Waals surface area contributed by atoms with Crippen LogP contribution in [-0.2, 0) is 12.4 Å². The number of carbonyl (C=O) groups excluding carboxylic acids is 1. The van der Waals surface area contributed by atoms with Crippen molar-refractivity contribution in [3.8, 4) is 0 Å². The number of benzene rings is 2. The first-order valence-electron chi connectivity index (χ1n) is 10.1. The topological polar surface area (TPSA) is 41.1 Å². The zero-order valence-electron chi connectivity index (χ0n) is 17.1. The molecule has 0 spiro atoms. The molecule has 0 bridgehead atoms.